The summed E-state index contributed by atoms with van der Waals surface area (Å²) in [5.41, 5.74) is 0.586. The molecule has 1 N–H and O–H groups in total. The zero-order chi connectivity index (χ0) is 13.0. The van der Waals surface area contributed by atoms with Gasteiger partial charge in [0.25, 0.3) is 5.91 Å². The lowest BCUT2D eigenvalue weighted by Crippen LogP contribution is -2.13. The van der Waals surface area contributed by atoms with Gasteiger partial charge in [0, 0.05) is 15.3 Å². The molecule has 2 aromatic rings. The molecule has 0 saturated carbocycles. The molecule has 0 fully saturated rings. The molecule has 1 amide bonds. The van der Waals surface area contributed by atoms with E-state index >= 15 is 0 Å². The fraction of sp³-hybridized carbons (Fsp3) is 0.0769. The molecule has 0 spiro atoms. The SMILES string of the molecule is COc1cccnc1NC(=O)c1ccc(I)cc1. The maximum atomic E-state index is 12.0. The van der Waals surface area contributed by atoms with Crippen LogP contribution in [0.4, 0.5) is 5.82 Å². The van der Waals surface area contributed by atoms with Gasteiger partial charge in [0.1, 0.15) is 0 Å². The van der Waals surface area contributed by atoms with E-state index in [1.807, 2.05) is 12.1 Å². The van der Waals surface area contributed by atoms with Crippen molar-refractivity contribution in [2.45, 2.75) is 0 Å². The molecule has 0 unspecified atom stereocenters. The van der Waals surface area contributed by atoms with Gasteiger partial charge >= 0.3 is 0 Å². The summed E-state index contributed by atoms with van der Waals surface area (Å²) in [6, 6.07) is 10.8. The highest BCUT2D eigenvalue weighted by atomic mass is 127. The summed E-state index contributed by atoms with van der Waals surface area (Å²) in [6.07, 6.45) is 1.60. The molecule has 2 rings (SSSR count). The number of nitrogens with one attached hydrogen (secondary N) is 1. The first-order valence-electron chi connectivity index (χ1n) is 5.26. The Kier molecular flexibility index (Phi) is 4.14. The van der Waals surface area contributed by atoms with Crippen LogP contribution in [0, 0.1) is 3.57 Å². The summed E-state index contributed by atoms with van der Waals surface area (Å²) in [6.45, 7) is 0. The molecule has 4 nitrogen and oxygen atoms in total. The molecule has 92 valence electrons. The number of carbonyl (C=O) groups excluding carboxylic acids is 1. The number of rotatable bonds is 3. The number of pyridine rings is 1. The zero-order valence-corrected chi connectivity index (χ0v) is 11.8. The number of nitrogens with zero attached hydrogens (tertiary/aromatic N) is 1. The summed E-state index contributed by atoms with van der Waals surface area (Å²) in [7, 11) is 1.54. The van der Waals surface area contributed by atoms with Gasteiger partial charge in [-0.05, 0) is 59.0 Å². The lowest BCUT2D eigenvalue weighted by atomic mass is 10.2. The number of hydrogen-bond donors (Lipinski definition) is 1. The van der Waals surface area contributed by atoms with Gasteiger partial charge in [-0.15, -0.1) is 0 Å². The third-order valence-electron chi connectivity index (χ3n) is 2.33. The van der Waals surface area contributed by atoms with E-state index in [9.17, 15) is 4.79 Å². The fourth-order valence-electron chi connectivity index (χ4n) is 1.43. The van der Waals surface area contributed by atoms with Crippen LogP contribution in [0.1, 0.15) is 10.4 Å². The number of hydrogen-bond acceptors (Lipinski definition) is 3. The standard InChI is InChI=1S/C13H11IN2O2/c1-18-11-3-2-8-15-12(11)16-13(17)9-4-6-10(14)7-5-9/h2-8H,1H3,(H,15,16,17). The highest BCUT2D eigenvalue weighted by Crippen LogP contribution is 2.20. The highest BCUT2D eigenvalue weighted by Gasteiger charge is 2.09. The van der Waals surface area contributed by atoms with Crippen molar-refractivity contribution < 1.29 is 9.53 Å². The zero-order valence-electron chi connectivity index (χ0n) is 9.68. The molecule has 1 heterocycles. The smallest absolute Gasteiger partial charge is 0.256 e. The third-order valence-corrected chi connectivity index (χ3v) is 3.05. The Hall–Kier alpha value is -1.63. The van der Waals surface area contributed by atoms with Gasteiger partial charge in [0.2, 0.25) is 0 Å². The summed E-state index contributed by atoms with van der Waals surface area (Å²) >= 11 is 2.19. The number of ether oxygens (including phenoxy) is 1. The molecule has 1 aromatic heterocycles. The molecular formula is C13H11IN2O2. The van der Waals surface area contributed by atoms with Gasteiger partial charge in [-0.3, -0.25) is 4.79 Å². The van der Waals surface area contributed by atoms with Crippen molar-refractivity contribution in [2.75, 3.05) is 12.4 Å². The van der Waals surface area contributed by atoms with E-state index in [1.165, 1.54) is 7.11 Å². The summed E-state index contributed by atoms with van der Waals surface area (Å²) < 4.78 is 6.21. The van der Waals surface area contributed by atoms with Crippen molar-refractivity contribution in [1.29, 1.82) is 0 Å². The minimum Gasteiger partial charge on any atom is -0.493 e. The molecule has 0 aliphatic carbocycles. The molecule has 0 bridgehead atoms. The predicted octanol–water partition coefficient (Wildman–Crippen LogP) is 2.95. The van der Waals surface area contributed by atoms with Crippen LogP contribution < -0.4 is 10.1 Å². The van der Waals surface area contributed by atoms with Gasteiger partial charge in [-0.25, -0.2) is 4.98 Å². The van der Waals surface area contributed by atoms with Gasteiger partial charge < -0.3 is 10.1 Å². The van der Waals surface area contributed by atoms with E-state index in [2.05, 4.69) is 32.9 Å². The molecule has 1 aromatic carbocycles. The molecular weight excluding hydrogens is 343 g/mol. The highest BCUT2D eigenvalue weighted by molar-refractivity contribution is 14.1. The second-order valence-corrected chi connectivity index (χ2v) is 4.76. The van der Waals surface area contributed by atoms with Crippen LogP contribution >= 0.6 is 22.6 Å². The Morgan fingerprint density at radius 3 is 2.67 bits per heavy atom. The van der Waals surface area contributed by atoms with Crippen LogP contribution in [0.15, 0.2) is 42.6 Å². The van der Waals surface area contributed by atoms with Gasteiger partial charge in [-0.1, -0.05) is 0 Å². The average molecular weight is 354 g/mol. The van der Waals surface area contributed by atoms with Crippen molar-refractivity contribution in [3.05, 3.63) is 51.7 Å². The fourth-order valence-corrected chi connectivity index (χ4v) is 1.79. The van der Waals surface area contributed by atoms with E-state index in [0.29, 0.717) is 17.1 Å². The van der Waals surface area contributed by atoms with E-state index in [1.54, 1.807) is 30.5 Å². The number of benzene rings is 1. The number of halogens is 1. The average Bonchev–Trinajstić information content (AvgIpc) is 2.40. The number of carbonyl (C=O) groups is 1. The van der Waals surface area contributed by atoms with Gasteiger partial charge in [0.15, 0.2) is 11.6 Å². The first-order valence-corrected chi connectivity index (χ1v) is 6.34. The number of methoxy groups -OCH3 is 1. The Morgan fingerprint density at radius 1 is 1.28 bits per heavy atom. The minimum absolute atomic E-state index is 0.205. The third kappa shape index (κ3) is 2.98. The second-order valence-electron chi connectivity index (χ2n) is 3.52. The van der Waals surface area contributed by atoms with E-state index in [-0.39, 0.29) is 5.91 Å². The van der Waals surface area contributed by atoms with Crippen LogP contribution in [-0.2, 0) is 0 Å². The first-order chi connectivity index (χ1) is 8.70. The van der Waals surface area contributed by atoms with Crippen LogP contribution in [-0.4, -0.2) is 18.0 Å². The Bertz CT molecular complexity index is 555. The molecule has 0 aliphatic heterocycles. The lowest BCUT2D eigenvalue weighted by molar-refractivity contribution is 0.102. The van der Waals surface area contributed by atoms with Crippen molar-refractivity contribution in [3.63, 3.8) is 0 Å². The van der Waals surface area contributed by atoms with Crippen molar-refractivity contribution >= 4 is 34.3 Å². The molecule has 0 atom stereocenters. The van der Waals surface area contributed by atoms with Crippen LogP contribution in [0.3, 0.4) is 0 Å². The van der Waals surface area contributed by atoms with Gasteiger partial charge in [0.05, 0.1) is 7.11 Å². The maximum absolute atomic E-state index is 12.0. The monoisotopic (exact) mass is 354 g/mol. The topological polar surface area (TPSA) is 51.2 Å². The van der Waals surface area contributed by atoms with Crippen molar-refractivity contribution in [3.8, 4) is 5.75 Å². The van der Waals surface area contributed by atoms with Crippen LogP contribution in [0.5, 0.6) is 5.75 Å². The van der Waals surface area contributed by atoms with Crippen molar-refractivity contribution in [2.24, 2.45) is 0 Å². The quantitative estimate of drug-likeness (QED) is 0.863. The Balaban J connectivity index is 2.18. The molecule has 5 heteroatoms. The molecule has 0 aliphatic rings. The van der Waals surface area contributed by atoms with Crippen molar-refractivity contribution in [1.82, 2.24) is 4.98 Å². The Morgan fingerprint density at radius 2 is 2.00 bits per heavy atom. The number of amides is 1. The first kappa shape index (κ1) is 12.8. The van der Waals surface area contributed by atoms with E-state index < -0.39 is 0 Å². The second kappa shape index (κ2) is 5.81. The summed E-state index contributed by atoms with van der Waals surface area (Å²) in [5, 5.41) is 2.72. The molecule has 0 saturated heterocycles. The predicted molar refractivity (Wildman–Crippen MR) is 77.9 cm³/mol. The minimum atomic E-state index is -0.205. The maximum Gasteiger partial charge on any atom is 0.256 e. The molecule has 0 radical (unpaired) electrons. The Labute approximate surface area is 119 Å². The number of aromatic nitrogens is 1. The van der Waals surface area contributed by atoms with Gasteiger partial charge in [-0.2, -0.15) is 0 Å². The summed E-state index contributed by atoms with van der Waals surface area (Å²) in [4.78, 5) is 16.1. The summed E-state index contributed by atoms with van der Waals surface area (Å²) in [5.74, 6) is 0.753. The van der Waals surface area contributed by atoms with Crippen LogP contribution in [0.25, 0.3) is 0 Å². The molecule has 18 heavy (non-hydrogen) atoms. The van der Waals surface area contributed by atoms with Crippen LogP contribution in [0.2, 0.25) is 0 Å². The van der Waals surface area contributed by atoms with E-state index in [4.69, 9.17) is 4.74 Å². The number of anilines is 1. The normalized spacial score (nSPS) is 9.89. The lowest BCUT2D eigenvalue weighted by Gasteiger charge is -2.08. The van der Waals surface area contributed by atoms with E-state index in [0.717, 1.165) is 3.57 Å². The largest absolute Gasteiger partial charge is 0.493 e.